The van der Waals surface area contributed by atoms with Crippen LogP contribution in [0.25, 0.3) is 0 Å². The fraction of sp³-hybridized carbons (Fsp3) is 0.571. The minimum Gasteiger partial charge on any atom is -0.379 e. The average molecular weight is 272 g/mol. The molecule has 0 aliphatic carbocycles. The molecule has 0 aliphatic heterocycles. The molecule has 0 amide bonds. The van der Waals surface area contributed by atoms with E-state index in [4.69, 9.17) is 10.6 Å². The van der Waals surface area contributed by atoms with E-state index in [0.29, 0.717) is 18.4 Å². The number of benzene rings is 1. The Balaban J connectivity index is 2.64. The largest absolute Gasteiger partial charge is 0.379 e. The normalized spacial score (nSPS) is 13.6. The summed E-state index contributed by atoms with van der Waals surface area (Å²) in [6.07, 6.45) is 1.84. The lowest BCUT2D eigenvalue weighted by Gasteiger charge is -2.25. The van der Waals surface area contributed by atoms with Gasteiger partial charge in [-0.15, -0.1) is 0 Å². The third-order valence-corrected chi connectivity index (χ3v) is 3.38. The second-order valence-electron chi connectivity index (χ2n) is 5.28. The first-order valence-electron chi connectivity index (χ1n) is 6.34. The number of hydrogen-bond donors (Lipinski definition) is 2. The van der Waals surface area contributed by atoms with Crippen LogP contribution in [0.1, 0.15) is 32.3 Å². The summed E-state index contributed by atoms with van der Waals surface area (Å²) in [5.74, 6) is 3.85. The van der Waals surface area contributed by atoms with E-state index in [9.17, 15) is 8.78 Å². The van der Waals surface area contributed by atoms with Gasteiger partial charge < -0.3 is 4.74 Å². The van der Waals surface area contributed by atoms with Crippen molar-refractivity contribution < 1.29 is 13.5 Å². The number of halogens is 2. The molecule has 1 unspecified atom stereocenters. The van der Waals surface area contributed by atoms with Gasteiger partial charge in [-0.05, 0) is 44.7 Å². The van der Waals surface area contributed by atoms with Crippen LogP contribution in [0.15, 0.2) is 18.2 Å². The molecule has 3 N–H and O–H groups in total. The molecule has 0 fully saturated rings. The molecule has 0 spiro atoms. The van der Waals surface area contributed by atoms with Crippen molar-refractivity contribution in [1.82, 2.24) is 5.43 Å². The predicted octanol–water partition coefficient (Wildman–Crippen LogP) is 2.54. The third-order valence-electron chi connectivity index (χ3n) is 3.38. The molecule has 0 heterocycles. The van der Waals surface area contributed by atoms with Crippen molar-refractivity contribution in [1.29, 1.82) is 0 Å². The summed E-state index contributed by atoms with van der Waals surface area (Å²) < 4.78 is 32.0. The van der Waals surface area contributed by atoms with Gasteiger partial charge in [0.1, 0.15) is 0 Å². The Morgan fingerprint density at radius 3 is 2.63 bits per heavy atom. The lowest BCUT2D eigenvalue weighted by molar-refractivity contribution is 0.0117. The van der Waals surface area contributed by atoms with Gasteiger partial charge in [0, 0.05) is 13.2 Å². The van der Waals surface area contributed by atoms with Crippen LogP contribution in [0, 0.1) is 11.6 Å². The van der Waals surface area contributed by atoms with Gasteiger partial charge in [-0.25, -0.2) is 8.78 Å². The van der Waals surface area contributed by atoms with E-state index in [1.807, 2.05) is 13.8 Å². The maximum absolute atomic E-state index is 13.6. The van der Waals surface area contributed by atoms with Crippen molar-refractivity contribution in [3.8, 4) is 0 Å². The molecule has 1 rings (SSSR count). The Kier molecular flexibility index (Phi) is 5.85. The summed E-state index contributed by atoms with van der Waals surface area (Å²) >= 11 is 0. The average Bonchev–Trinajstić information content (AvgIpc) is 2.39. The zero-order chi connectivity index (χ0) is 14.5. The zero-order valence-electron chi connectivity index (χ0n) is 11.7. The molecule has 1 atom stereocenters. The summed E-state index contributed by atoms with van der Waals surface area (Å²) in [5, 5.41) is 0. The van der Waals surface area contributed by atoms with E-state index < -0.39 is 11.6 Å². The van der Waals surface area contributed by atoms with Gasteiger partial charge in [0.05, 0.1) is 5.60 Å². The summed E-state index contributed by atoms with van der Waals surface area (Å²) in [7, 11) is 1.65. The van der Waals surface area contributed by atoms with Crippen LogP contribution in [0.5, 0.6) is 0 Å². The van der Waals surface area contributed by atoms with Gasteiger partial charge >= 0.3 is 0 Å². The highest BCUT2D eigenvalue weighted by Gasteiger charge is 2.20. The summed E-state index contributed by atoms with van der Waals surface area (Å²) in [6.45, 7) is 3.95. The first-order valence-corrected chi connectivity index (χ1v) is 6.34. The van der Waals surface area contributed by atoms with Crippen molar-refractivity contribution in [2.45, 2.75) is 44.8 Å². The second kappa shape index (κ2) is 6.93. The van der Waals surface area contributed by atoms with Crippen molar-refractivity contribution in [3.63, 3.8) is 0 Å². The van der Waals surface area contributed by atoms with Crippen LogP contribution < -0.4 is 11.3 Å². The van der Waals surface area contributed by atoms with E-state index in [0.717, 1.165) is 12.5 Å². The second-order valence-corrected chi connectivity index (χ2v) is 5.28. The SMILES string of the molecule is COC(C)(C)CCC(Cc1cccc(F)c1F)NN. The van der Waals surface area contributed by atoms with Crippen LogP contribution in [0.3, 0.4) is 0 Å². The van der Waals surface area contributed by atoms with E-state index in [1.54, 1.807) is 13.2 Å². The minimum absolute atomic E-state index is 0.120. The van der Waals surface area contributed by atoms with Crippen LogP contribution in [-0.4, -0.2) is 18.8 Å². The molecular weight excluding hydrogens is 250 g/mol. The number of methoxy groups -OCH3 is 1. The van der Waals surface area contributed by atoms with Crippen LogP contribution >= 0.6 is 0 Å². The van der Waals surface area contributed by atoms with Gasteiger partial charge in [-0.3, -0.25) is 11.3 Å². The Labute approximate surface area is 113 Å². The Hall–Kier alpha value is -1.04. The highest BCUT2D eigenvalue weighted by atomic mass is 19.2. The molecule has 3 nitrogen and oxygen atoms in total. The van der Waals surface area contributed by atoms with Crippen LogP contribution in [0.2, 0.25) is 0 Å². The van der Waals surface area contributed by atoms with Crippen molar-refractivity contribution >= 4 is 0 Å². The number of hydrazine groups is 1. The Morgan fingerprint density at radius 1 is 1.37 bits per heavy atom. The number of rotatable bonds is 7. The van der Waals surface area contributed by atoms with Crippen LogP contribution in [-0.2, 0) is 11.2 Å². The maximum atomic E-state index is 13.6. The topological polar surface area (TPSA) is 47.3 Å². The molecule has 0 aliphatic rings. The van der Waals surface area contributed by atoms with E-state index in [-0.39, 0.29) is 11.6 Å². The molecular formula is C14H22F2N2O. The Bertz CT molecular complexity index is 410. The lowest BCUT2D eigenvalue weighted by atomic mass is 9.95. The molecule has 19 heavy (non-hydrogen) atoms. The molecule has 1 aromatic carbocycles. The highest BCUT2D eigenvalue weighted by molar-refractivity contribution is 5.20. The van der Waals surface area contributed by atoms with E-state index >= 15 is 0 Å². The molecule has 5 heteroatoms. The fourth-order valence-electron chi connectivity index (χ4n) is 1.84. The van der Waals surface area contributed by atoms with Crippen molar-refractivity contribution in [2.75, 3.05) is 7.11 Å². The van der Waals surface area contributed by atoms with Crippen molar-refractivity contribution in [3.05, 3.63) is 35.4 Å². The monoisotopic (exact) mass is 272 g/mol. The summed E-state index contributed by atoms with van der Waals surface area (Å²) in [6, 6.07) is 4.06. The maximum Gasteiger partial charge on any atom is 0.162 e. The smallest absolute Gasteiger partial charge is 0.162 e. The summed E-state index contributed by atoms with van der Waals surface area (Å²) in [4.78, 5) is 0. The number of nitrogens with one attached hydrogen (secondary N) is 1. The molecule has 0 saturated carbocycles. The molecule has 0 aromatic heterocycles. The van der Waals surface area contributed by atoms with Gasteiger partial charge in [-0.1, -0.05) is 12.1 Å². The number of nitrogens with two attached hydrogens (primary N) is 1. The van der Waals surface area contributed by atoms with Crippen LogP contribution in [0.4, 0.5) is 8.78 Å². The molecule has 108 valence electrons. The molecule has 0 radical (unpaired) electrons. The quantitative estimate of drug-likeness (QED) is 0.592. The van der Waals surface area contributed by atoms with Gasteiger partial charge in [0.2, 0.25) is 0 Å². The third kappa shape index (κ3) is 4.86. The molecule has 1 aromatic rings. The Morgan fingerprint density at radius 2 is 2.05 bits per heavy atom. The van der Waals surface area contributed by atoms with Gasteiger partial charge in [-0.2, -0.15) is 0 Å². The van der Waals surface area contributed by atoms with E-state index in [2.05, 4.69) is 5.43 Å². The molecule has 0 bridgehead atoms. The van der Waals surface area contributed by atoms with Crippen molar-refractivity contribution in [2.24, 2.45) is 5.84 Å². The standard InChI is InChI=1S/C14H22F2N2O/c1-14(2,19-3)8-7-11(18-17)9-10-5-4-6-12(15)13(10)16/h4-6,11,18H,7-9,17H2,1-3H3. The number of hydrogen-bond acceptors (Lipinski definition) is 3. The first-order chi connectivity index (χ1) is 8.89. The predicted molar refractivity (Wildman–Crippen MR) is 71.5 cm³/mol. The van der Waals surface area contributed by atoms with Gasteiger partial charge in [0.25, 0.3) is 0 Å². The zero-order valence-corrected chi connectivity index (χ0v) is 11.7. The lowest BCUT2D eigenvalue weighted by Crippen LogP contribution is -2.38. The number of ether oxygens (including phenoxy) is 1. The minimum atomic E-state index is -0.828. The highest BCUT2D eigenvalue weighted by Crippen LogP contribution is 2.19. The first kappa shape index (κ1) is 16.0. The van der Waals surface area contributed by atoms with E-state index in [1.165, 1.54) is 6.07 Å². The van der Waals surface area contributed by atoms with Gasteiger partial charge in [0.15, 0.2) is 11.6 Å². The fourth-order valence-corrected chi connectivity index (χ4v) is 1.84. The summed E-state index contributed by atoms with van der Waals surface area (Å²) in [5.41, 5.74) is 2.73. The molecule has 0 saturated heterocycles.